The summed E-state index contributed by atoms with van der Waals surface area (Å²) in [4.78, 5) is 24.4. The molecule has 6 nitrogen and oxygen atoms in total. The fourth-order valence-corrected chi connectivity index (χ4v) is 2.26. The number of nitrogens with zero attached hydrogens (tertiary/aromatic N) is 1. The highest BCUT2D eigenvalue weighted by molar-refractivity contribution is 5.95. The molecule has 1 aliphatic rings. The zero-order valence-corrected chi connectivity index (χ0v) is 12.7. The molecule has 0 aliphatic heterocycles. The number of carbonyl (C=O) groups is 1. The molecule has 1 saturated carbocycles. The fourth-order valence-electron chi connectivity index (χ4n) is 2.26. The molecule has 0 unspecified atom stereocenters. The van der Waals surface area contributed by atoms with E-state index in [9.17, 15) is 9.59 Å². The van der Waals surface area contributed by atoms with Crippen LogP contribution in [0.4, 0.5) is 0 Å². The van der Waals surface area contributed by atoms with Crippen LogP contribution in [0.5, 0.6) is 5.75 Å². The Balaban J connectivity index is 1.80. The second kappa shape index (κ2) is 6.56. The summed E-state index contributed by atoms with van der Waals surface area (Å²) in [6, 6.07) is 10.7. The van der Waals surface area contributed by atoms with Crippen molar-refractivity contribution in [3.8, 4) is 5.75 Å². The van der Waals surface area contributed by atoms with Gasteiger partial charge < -0.3 is 15.9 Å². The summed E-state index contributed by atoms with van der Waals surface area (Å²) in [5.41, 5.74) is 0.594. The molecular weight excluding hydrogens is 294 g/mol. The van der Waals surface area contributed by atoms with Crippen molar-refractivity contribution in [2.75, 3.05) is 12.4 Å². The standard InChI is InChI=1S/C17H19N3O3/c18-20-9-8-14(21)16(23-11-13-4-2-1-3-5-13)15(20)17(22)19-10-12-6-7-12/h1-5,8-9,12H,6-7,10-11,18H2,(H,19,22). The van der Waals surface area contributed by atoms with E-state index in [0.717, 1.165) is 23.1 Å². The Morgan fingerprint density at radius 2 is 2.00 bits per heavy atom. The second-order valence-electron chi connectivity index (χ2n) is 5.69. The second-order valence-corrected chi connectivity index (χ2v) is 5.69. The maximum atomic E-state index is 12.4. The summed E-state index contributed by atoms with van der Waals surface area (Å²) >= 11 is 0. The molecule has 0 saturated heterocycles. The van der Waals surface area contributed by atoms with Crippen molar-refractivity contribution >= 4 is 5.91 Å². The van der Waals surface area contributed by atoms with Gasteiger partial charge in [0.15, 0.2) is 11.4 Å². The lowest BCUT2D eigenvalue weighted by atomic mass is 10.2. The zero-order chi connectivity index (χ0) is 16.2. The van der Waals surface area contributed by atoms with Crippen molar-refractivity contribution < 1.29 is 9.53 Å². The van der Waals surface area contributed by atoms with Crippen molar-refractivity contribution in [3.63, 3.8) is 0 Å². The van der Waals surface area contributed by atoms with Gasteiger partial charge in [0.2, 0.25) is 5.43 Å². The van der Waals surface area contributed by atoms with Crippen LogP contribution >= 0.6 is 0 Å². The average Bonchev–Trinajstić information content (AvgIpc) is 3.38. The van der Waals surface area contributed by atoms with Gasteiger partial charge in [-0.3, -0.25) is 14.3 Å². The van der Waals surface area contributed by atoms with Crippen LogP contribution in [-0.4, -0.2) is 17.1 Å². The van der Waals surface area contributed by atoms with E-state index in [-0.39, 0.29) is 29.4 Å². The number of carbonyl (C=O) groups excluding carboxylic acids is 1. The summed E-state index contributed by atoms with van der Waals surface area (Å²) in [6.45, 7) is 0.795. The molecule has 1 fully saturated rings. The lowest BCUT2D eigenvalue weighted by Crippen LogP contribution is -2.33. The van der Waals surface area contributed by atoms with E-state index >= 15 is 0 Å². The SMILES string of the molecule is Nn1ccc(=O)c(OCc2ccccc2)c1C(=O)NCC1CC1. The third-order valence-corrected chi connectivity index (χ3v) is 3.77. The number of nitrogens with two attached hydrogens (primary N) is 1. The van der Waals surface area contributed by atoms with E-state index in [4.69, 9.17) is 10.6 Å². The first-order valence-corrected chi connectivity index (χ1v) is 7.61. The van der Waals surface area contributed by atoms with Crippen LogP contribution < -0.4 is 21.3 Å². The Hall–Kier alpha value is -2.76. The summed E-state index contributed by atoms with van der Waals surface area (Å²) in [5, 5.41) is 2.81. The minimum absolute atomic E-state index is 0.0212. The van der Waals surface area contributed by atoms with Crippen LogP contribution in [0.2, 0.25) is 0 Å². The highest BCUT2D eigenvalue weighted by Crippen LogP contribution is 2.27. The highest BCUT2D eigenvalue weighted by Gasteiger charge is 2.24. The van der Waals surface area contributed by atoms with Gasteiger partial charge in [-0.1, -0.05) is 30.3 Å². The maximum Gasteiger partial charge on any atom is 0.273 e. The summed E-state index contributed by atoms with van der Waals surface area (Å²) in [6.07, 6.45) is 3.62. The van der Waals surface area contributed by atoms with E-state index in [1.165, 1.54) is 12.3 Å². The fraction of sp³-hybridized carbons (Fsp3) is 0.294. The summed E-state index contributed by atoms with van der Waals surface area (Å²) in [5.74, 6) is 5.95. The number of hydrogen-bond acceptors (Lipinski definition) is 4. The van der Waals surface area contributed by atoms with Gasteiger partial charge in [0.1, 0.15) is 6.61 Å². The van der Waals surface area contributed by atoms with E-state index in [0.29, 0.717) is 12.5 Å². The molecule has 0 radical (unpaired) electrons. The van der Waals surface area contributed by atoms with Crippen LogP contribution in [0.15, 0.2) is 47.4 Å². The minimum atomic E-state index is -0.389. The van der Waals surface area contributed by atoms with Gasteiger partial charge >= 0.3 is 0 Å². The molecule has 6 heteroatoms. The van der Waals surface area contributed by atoms with E-state index in [2.05, 4.69) is 5.32 Å². The number of aromatic nitrogens is 1. The first kappa shape index (κ1) is 15.1. The summed E-state index contributed by atoms with van der Waals surface area (Å²) < 4.78 is 6.73. The number of amides is 1. The van der Waals surface area contributed by atoms with Crippen LogP contribution in [0.25, 0.3) is 0 Å². The molecule has 1 aliphatic carbocycles. The van der Waals surface area contributed by atoms with Gasteiger partial charge in [-0.2, -0.15) is 0 Å². The van der Waals surface area contributed by atoms with Crippen molar-refractivity contribution in [2.45, 2.75) is 19.4 Å². The van der Waals surface area contributed by atoms with Gasteiger partial charge in [-0.15, -0.1) is 0 Å². The quantitative estimate of drug-likeness (QED) is 0.787. The molecule has 0 bridgehead atoms. The number of nitrogen functional groups attached to an aromatic ring is 1. The van der Waals surface area contributed by atoms with Crippen LogP contribution in [0.1, 0.15) is 28.9 Å². The lowest BCUT2D eigenvalue weighted by molar-refractivity contribution is 0.0938. The van der Waals surface area contributed by atoms with Gasteiger partial charge in [0.05, 0.1) is 0 Å². The molecule has 120 valence electrons. The number of nitrogens with one attached hydrogen (secondary N) is 1. The third-order valence-electron chi connectivity index (χ3n) is 3.77. The highest BCUT2D eigenvalue weighted by atomic mass is 16.5. The third kappa shape index (κ3) is 3.71. The van der Waals surface area contributed by atoms with Gasteiger partial charge in [-0.25, -0.2) is 0 Å². The number of rotatable bonds is 6. The Kier molecular flexibility index (Phi) is 4.32. The predicted octanol–water partition coefficient (Wildman–Crippen LogP) is 1.28. The first-order chi connectivity index (χ1) is 11.1. The molecule has 0 atom stereocenters. The lowest BCUT2D eigenvalue weighted by Gasteiger charge is -2.14. The molecule has 1 heterocycles. The minimum Gasteiger partial charge on any atom is -0.482 e. The molecule has 1 aromatic carbocycles. The Morgan fingerprint density at radius 1 is 1.26 bits per heavy atom. The normalized spacial score (nSPS) is 13.6. The Morgan fingerprint density at radius 3 is 2.70 bits per heavy atom. The molecule has 3 N–H and O–H groups in total. The largest absolute Gasteiger partial charge is 0.482 e. The Labute approximate surface area is 133 Å². The van der Waals surface area contributed by atoms with Gasteiger partial charge in [0.25, 0.3) is 5.91 Å². The number of ether oxygens (including phenoxy) is 1. The zero-order valence-electron chi connectivity index (χ0n) is 12.7. The monoisotopic (exact) mass is 313 g/mol. The molecular formula is C17H19N3O3. The van der Waals surface area contributed by atoms with Crippen molar-refractivity contribution in [2.24, 2.45) is 5.92 Å². The number of pyridine rings is 1. The van der Waals surface area contributed by atoms with Crippen molar-refractivity contribution in [1.29, 1.82) is 0 Å². The molecule has 1 amide bonds. The summed E-state index contributed by atoms with van der Waals surface area (Å²) in [7, 11) is 0. The first-order valence-electron chi connectivity index (χ1n) is 7.61. The molecule has 23 heavy (non-hydrogen) atoms. The van der Waals surface area contributed by atoms with Gasteiger partial charge in [0, 0.05) is 18.8 Å². The smallest absolute Gasteiger partial charge is 0.273 e. The maximum absolute atomic E-state index is 12.4. The van der Waals surface area contributed by atoms with Crippen LogP contribution in [0, 0.1) is 5.92 Å². The average molecular weight is 313 g/mol. The van der Waals surface area contributed by atoms with Gasteiger partial charge in [-0.05, 0) is 24.3 Å². The number of hydrogen-bond donors (Lipinski definition) is 2. The van der Waals surface area contributed by atoms with E-state index in [1.807, 2.05) is 30.3 Å². The molecule has 2 aromatic rings. The molecule has 3 rings (SSSR count). The Bertz CT molecular complexity index is 751. The number of benzene rings is 1. The van der Waals surface area contributed by atoms with E-state index < -0.39 is 0 Å². The van der Waals surface area contributed by atoms with E-state index in [1.54, 1.807) is 0 Å². The topological polar surface area (TPSA) is 86.3 Å². The van der Waals surface area contributed by atoms with Crippen molar-refractivity contribution in [1.82, 2.24) is 9.99 Å². The predicted molar refractivity (Wildman–Crippen MR) is 86.7 cm³/mol. The van der Waals surface area contributed by atoms with Crippen LogP contribution in [0.3, 0.4) is 0 Å². The molecule has 1 aromatic heterocycles. The van der Waals surface area contributed by atoms with Crippen LogP contribution in [-0.2, 0) is 6.61 Å². The molecule has 0 spiro atoms. The van der Waals surface area contributed by atoms with Crippen molar-refractivity contribution in [3.05, 3.63) is 64.1 Å².